The first kappa shape index (κ1) is 17.3. The van der Waals surface area contributed by atoms with E-state index in [0.29, 0.717) is 23.7 Å². The molecule has 0 radical (unpaired) electrons. The van der Waals surface area contributed by atoms with Crippen molar-refractivity contribution in [2.75, 3.05) is 18.1 Å². The molecule has 0 saturated carbocycles. The van der Waals surface area contributed by atoms with Gasteiger partial charge in [0.25, 0.3) is 5.91 Å². The Bertz CT molecular complexity index is 759. The van der Waals surface area contributed by atoms with E-state index in [0.717, 1.165) is 11.4 Å². The fourth-order valence-electron chi connectivity index (χ4n) is 2.81. The second kappa shape index (κ2) is 7.57. The molecule has 3 rings (SSSR count). The molecule has 0 bridgehead atoms. The Kier molecular flexibility index (Phi) is 5.24. The molecule has 1 aliphatic heterocycles. The van der Waals surface area contributed by atoms with E-state index in [2.05, 4.69) is 5.32 Å². The van der Waals surface area contributed by atoms with E-state index >= 15 is 0 Å². The van der Waals surface area contributed by atoms with Crippen LogP contribution in [0.2, 0.25) is 5.02 Å². The number of nitrogens with zero attached hydrogens (tertiary/aromatic N) is 1. The molecular formula is C19H19ClN2O3. The van der Waals surface area contributed by atoms with Crippen LogP contribution in [0.4, 0.5) is 5.69 Å². The zero-order valence-electron chi connectivity index (χ0n) is 13.9. The van der Waals surface area contributed by atoms with Gasteiger partial charge in [0.1, 0.15) is 5.75 Å². The Hall–Kier alpha value is -2.53. The van der Waals surface area contributed by atoms with Gasteiger partial charge in [-0.2, -0.15) is 0 Å². The molecule has 0 spiro atoms. The van der Waals surface area contributed by atoms with E-state index in [4.69, 9.17) is 16.3 Å². The molecule has 1 saturated heterocycles. The summed E-state index contributed by atoms with van der Waals surface area (Å²) in [5.41, 5.74) is 1.33. The molecule has 2 amide bonds. The van der Waals surface area contributed by atoms with Gasteiger partial charge >= 0.3 is 0 Å². The first-order valence-electron chi connectivity index (χ1n) is 8.16. The van der Waals surface area contributed by atoms with Gasteiger partial charge in [-0.05, 0) is 55.5 Å². The minimum Gasteiger partial charge on any atom is -0.494 e. The lowest BCUT2D eigenvalue weighted by Gasteiger charge is -2.17. The summed E-state index contributed by atoms with van der Waals surface area (Å²) in [5, 5.41) is 3.49. The Morgan fingerprint density at radius 2 is 1.88 bits per heavy atom. The van der Waals surface area contributed by atoms with Crippen LogP contribution < -0.4 is 15.0 Å². The van der Waals surface area contributed by atoms with Gasteiger partial charge < -0.3 is 15.0 Å². The average Bonchev–Trinajstić information content (AvgIpc) is 2.96. The van der Waals surface area contributed by atoms with Gasteiger partial charge in [0.05, 0.1) is 12.6 Å². The van der Waals surface area contributed by atoms with Crippen LogP contribution in [0.25, 0.3) is 0 Å². The van der Waals surface area contributed by atoms with Crippen molar-refractivity contribution in [2.24, 2.45) is 0 Å². The maximum absolute atomic E-state index is 12.3. The summed E-state index contributed by atoms with van der Waals surface area (Å²) in [5.74, 6) is 0.555. The number of amides is 2. The smallest absolute Gasteiger partial charge is 0.251 e. The number of benzene rings is 2. The van der Waals surface area contributed by atoms with Crippen LogP contribution in [-0.4, -0.2) is 31.0 Å². The van der Waals surface area contributed by atoms with Crippen molar-refractivity contribution in [3.8, 4) is 5.75 Å². The number of carbonyl (C=O) groups is 2. The molecule has 2 aromatic carbocycles. The van der Waals surface area contributed by atoms with Crippen molar-refractivity contribution in [1.29, 1.82) is 0 Å². The molecule has 1 heterocycles. The molecule has 0 aromatic heterocycles. The zero-order chi connectivity index (χ0) is 17.8. The molecule has 1 unspecified atom stereocenters. The van der Waals surface area contributed by atoms with Gasteiger partial charge in [0.15, 0.2) is 0 Å². The van der Waals surface area contributed by atoms with Crippen molar-refractivity contribution in [2.45, 2.75) is 19.4 Å². The lowest BCUT2D eigenvalue weighted by molar-refractivity contribution is -0.117. The van der Waals surface area contributed by atoms with Gasteiger partial charge in [-0.25, -0.2) is 0 Å². The number of anilines is 1. The highest BCUT2D eigenvalue weighted by atomic mass is 35.5. The third-order valence-electron chi connectivity index (χ3n) is 4.03. The lowest BCUT2D eigenvalue weighted by Crippen LogP contribution is -2.37. The Morgan fingerprint density at radius 3 is 2.52 bits per heavy atom. The SMILES string of the molecule is CCOc1ccc(N2CC(NC(=O)c3ccc(Cl)cc3)CC2=O)cc1. The molecular weight excluding hydrogens is 340 g/mol. The summed E-state index contributed by atoms with van der Waals surface area (Å²) >= 11 is 5.83. The minimum absolute atomic E-state index is 0.00874. The van der Waals surface area contributed by atoms with Gasteiger partial charge in [-0.1, -0.05) is 11.6 Å². The highest BCUT2D eigenvalue weighted by Gasteiger charge is 2.31. The fraction of sp³-hybridized carbons (Fsp3) is 0.263. The van der Waals surface area contributed by atoms with Crippen LogP contribution in [0.5, 0.6) is 5.75 Å². The van der Waals surface area contributed by atoms with Crippen LogP contribution in [-0.2, 0) is 4.79 Å². The first-order chi connectivity index (χ1) is 12.1. The molecule has 2 aromatic rings. The van der Waals surface area contributed by atoms with Gasteiger partial charge in [0.2, 0.25) is 5.91 Å². The number of carbonyl (C=O) groups excluding carboxylic acids is 2. The molecule has 1 aliphatic rings. The van der Waals surface area contributed by atoms with E-state index in [1.165, 1.54) is 0 Å². The van der Waals surface area contributed by atoms with Crippen molar-refractivity contribution in [3.63, 3.8) is 0 Å². The Balaban J connectivity index is 1.63. The minimum atomic E-state index is -0.220. The number of hydrogen-bond acceptors (Lipinski definition) is 3. The highest BCUT2D eigenvalue weighted by Crippen LogP contribution is 2.24. The van der Waals surface area contributed by atoms with Crippen molar-refractivity contribution >= 4 is 29.1 Å². The lowest BCUT2D eigenvalue weighted by atomic mass is 10.2. The van der Waals surface area contributed by atoms with Crippen molar-refractivity contribution in [3.05, 3.63) is 59.1 Å². The number of nitrogens with one attached hydrogen (secondary N) is 1. The molecule has 1 fully saturated rings. The summed E-state index contributed by atoms with van der Waals surface area (Å²) in [4.78, 5) is 26.2. The molecule has 1 atom stereocenters. The third-order valence-corrected chi connectivity index (χ3v) is 4.28. The molecule has 0 aliphatic carbocycles. The number of ether oxygens (including phenoxy) is 1. The maximum Gasteiger partial charge on any atom is 0.251 e. The predicted octanol–water partition coefficient (Wildman–Crippen LogP) is 3.27. The van der Waals surface area contributed by atoms with E-state index in [1.807, 2.05) is 31.2 Å². The second-order valence-corrected chi connectivity index (χ2v) is 6.25. The molecule has 25 heavy (non-hydrogen) atoms. The Labute approximate surface area is 151 Å². The predicted molar refractivity (Wildman–Crippen MR) is 97.3 cm³/mol. The first-order valence-corrected chi connectivity index (χ1v) is 8.54. The van der Waals surface area contributed by atoms with Crippen LogP contribution in [0.3, 0.4) is 0 Å². The van der Waals surface area contributed by atoms with Gasteiger partial charge in [0, 0.05) is 29.2 Å². The van der Waals surface area contributed by atoms with Crippen LogP contribution in [0.1, 0.15) is 23.7 Å². The summed E-state index contributed by atoms with van der Waals surface area (Å²) in [7, 11) is 0. The summed E-state index contributed by atoms with van der Waals surface area (Å²) in [6, 6.07) is 13.8. The van der Waals surface area contributed by atoms with E-state index < -0.39 is 0 Å². The Morgan fingerprint density at radius 1 is 1.20 bits per heavy atom. The highest BCUT2D eigenvalue weighted by molar-refractivity contribution is 6.30. The standard InChI is InChI=1S/C19H19ClN2O3/c1-2-25-17-9-7-16(8-10-17)22-12-15(11-18(22)23)21-19(24)13-3-5-14(20)6-4-13/h3-10,15H,2,11-12H2,1H3,(H,21,24). The summed E-state index contributed by atoms with van der Waals surface area (Å²) in [6.07, 6.45) is 0.284. The largest absolute Gasteiger partial charge is 0.494 e. The van der Waals surface area contributed by atoms with E-state index in [-0.39, 0.29) is 24.3 Å². The number of halogens is 1. The van der Waals surface area contributed by atoms with Crippen LogP contribution in [0, 0.1) is 0 Å². The molecule has 130 valence electrons. The number of rotatable bonds is 5. The van der Waals surface area contributed by atoms with Crippen LogP contribution >= 0.6 is 11.6 Å². The van der Waals surface area contributed by atoms with E-state index in [1.54, 1.807) is 29.2 Å². The van der Waals surface area contributed by atoms with Crippen LogP contribution in [0.15, 0.2) is 48.5 Å². The molecule has 5 nitrogen and oxygen atoms in total. The van der Waals surface area contributed by atoms with Crippen molar-refractivity contribution in [1.82, 2.24) is 5.32 Å². The number of hydrogen-bond donors (Lipinski definition) is 1. The monoisotopic (exact) mass is 358 g/mol. The third kappa shape index (κ3) is 4.12. The molecule has 6 heteroatoms. The molecule has 1 N–H and O–H groups in total. The normalized spacial score (nSPS) is 16.8. The summed E-state index contributed by atoms with van der Waals surface area (Å²) in [6.45, 7) is 2.97. The van der Waals surface area contributed by atoms with Gasteiger partial charge in [-0.15, -0.1) is 0 Å². The van der Waals surface area contributed by atoms with E-state index in [9.17, 15) is 9.59 Å². The topological polar surface area (TPSA) is 58.6 Å². The maximum atomic E-state index is 12.3. The summed E-state index contributed by atoms with van der Waals surface area (Å²) < 4.78 is 5.41. The fourth-order valence-corrected chi connectivity index (χ4v) is 2.94. The average molecular weight is 359 g/mol. The second-order valence-electron chi connectivity index (χ2n) is 5.81. The van der Waals surface area contributed by atoms with Gasteiger partial charge in [-0.3, -0.25) is 9.59 Å². The quantitative estimate of drug-likeness (QED) is 0.892. The zero-order valence-corrected chi connectivity index (χ0v) is 14.6. The van der Waals surface area contributed by atoms with Crippen molar-refractivity contribution < 1.29 is 14.3 Å².